The fraction of sp³-hybridized carbons (Fsp3) is 0.538. The van der Waals surface area contributed by atoms with E-state index >= 15 is 0 Å². The summed E-state index contributed by atoms with van der Waals surface area (Å²) in [5, 5.41) is 3.18. The molecular formula is C13H20F2N2. The minimum absolute atomic E-state index is 0.184. The maximum Gasteiger partial charge on any atom is 0.128 e. The first kappa shape index (κ1) is 14.1. The molecule has 17 heavy (non-hydrogen) atoms. The van der Waals surface area contributed by atoms with E-state index in [9.17, 15) is 8.78 Å². The van der Waals surface area contributed by atoms with Crippen LogP contribution in [0.4, 0.5) is 8.78 Å². The van der Waals surface area contributed by atoms with Crippen LogP contribution in [-0.2, 0) is 0 Å². The maximum atomic E-state index is 13.5. The normalized spacial score (nSPS) is 13.1. The van der Waals surface area contributed by atoms with Crippen molar-refractivity contribution in [2.24, 2.45) is 0 Å². The molecule has 1 unspecified atom stereocenters. The predicted octanol–water partition coefficient (Wildman–Crippen LogP) is 2.57. The summed E-state index contributed by atoms with van der Waals surface area (Å²) in [4.78, 5) is 2.15. The third-order valence-electron chi connectivity index (χ3n) is 2.91. The lowest BCUT2D eigenvalue weighted by Crippen LogP contribution is -2.30. The molecule has 0 saturated carbocycles. The molecule has 2 nitrogen and oxygen atoms in total. The summed E-state index contributed by atoms with van der Waals surface area (Å²) in [6.07, 6.45) is 0. The van der Waals surface area contributed by atoms with E-state index < -0.39 is 5.82 Å². The van der Waals surface area contributed by atoms with Gasteiger partial charge < -0.3 is 10.2 Å². The second kappa shape index (κ2) is 6.67. The minimum Gasteiger partial charge on any atom is -0.309 e. The van der Waals surface area contributed by atoms with E-state index in [0.29, 0.717) is 5.56 Å². The first-order chi connectivity index (χ1) is 8.04. The van der Waals surface area contributed by atoms with Crippen LogP contribution in [0.2, 0.25) is 0 Å². The van der Waals surface area contributed by atoms with Gasteiger partial charge in [-0.1, -0.05) is 6.92 Å². The lowest BCUT2D eigenvalue weighted by molar-refractivity contribution is 0.341. The Bertz CT molecular complexity index is 355. The number of nitrogens with zero attached hydrogens (tertiary/aromatic N) is 1. The molecule has 0 heterocycles. The van der Waals surface area contributed by atoms with Crippen molar-refractivity contribution in [3.8, 4) is 0 Å². The maximum absolute atomic E-state index is 13.5. The number of nitrogens with one attached hydrogen (secondary N) is 1. The third kappa shape index (κ3) is 4.40. The average Bonchev–Trinajstić information content (AvgIpc) is 2.31. The molecule has 0 aliphatic carbocycles. The van der Waals surface area contributed by atoms with Gasteiger partial charge in [-0.15, -0.1) is 0 Å². The molecule has 0 radical (unpaired) electrons. The average molecular weight is 242 g/mol. The number of hydrogen-bond donors (Lipinski definition) is 1. The van der Waals surface area contributed by atoms with Crippen LogP contribution in [0.25, 0.3) is 0 Å². The number of likely N-dealkylation sites (N-methyl/N-ethyl adjacent to an activating group) is 1. The quantitative estimate of drug-likeness (QED) is 0.824. The zero-order valence-corrected chi connectivity index (χ0v) is 10.6. The Kier molecular flexibility index (Phi) is 5.51. The second-order valence-corrected chi connectivity index (χ2v) is 4.24. The molecule has 1 atom stereocenters. The molecular weight excluding hydrogens is 222 g/mol. The zero-order valence-electron chi connectivity index (χ0n) is 10.6. The summed E-state index contributed by atoms with van der Waals surface area (Å²) in [6.45, 7) is 6.53. The number of benzene rings is 1. The van der Waals surface area contributed by atoms with Crippen LogP contribution < -0.4 is 5.32 Å². The zero-order chi connectivity index (χ0) is 12.8. The molecule has 0 aliphatic rings. The summed E-state index contributed by atoms with van der Waals surface area (Å²) < 4.78 is 26.5. The van der Waals surface area contributed by atoms with E-state index in [1.54, 1.807) is 0 Å². The lowest BCUT2D eigenvalue weighted by Gasteiger charge is -2.18. The summed E-state index contributed by atoms with van der Waals surface area (Å²) in [7, 11) is 2.02. The second-order valence-electron chi connectivity index (χ2n) is 4.24. The van der Waals surface area contributed by atoms with Crippen molar-refractivity contribution in [1.82, 2.24) is 10.2 Å². The van der Waals surface area contributed by atoms with Crippen LogP contribution >= 0.6 is 0 Å². The summed E-state index contributed by atoms with van der Waals surface area (Å²) >= 11 is 0. The predicted molar refractivity (Wildman–Crippen MR) is 65.9 cm³/mol. The van der Waals surface area contributed by atoms with Gasteiger partial charge in [0.2, 0.25) is 0 Å². The highest BCUT2D eigenvalue weighted by Crippen LogP contribution is 2.17. The van der Waals surface area contributed by atoms with Gasteiger partial charge in [-0.25, -0.2) is 8.78 Å². The van der Waals surface area contributed by atoms with Crippen molar-refractivity contribution in [2.45, 2.75) is 19.9 Å². The monoisotopic (exact) mass is 242 g/mol. The number of hydrogen-bond acceptors (Lipinski definition) is 2. The Morgan fingerprint density at radius 2 is 2.06 bits per heavy atom. The minimum atomic E-state index is -0.402. The van der Waals surface area contributed by atoms with Crippen LogP contribution in [0.15, 0.2) is 18.2 Å². The van der Waals surface area contributed by atoms with Crippen LogP contribution in [0.5, 0.6) is 0 Å². The molecule has 0 aromatic heterocycles. The molecule has 1 aromatic rings. The van der Waals surface area contributed by atoms with Gasteiger partial charge in [0.25, 0.3) is 0 Å². The van der Waals surface area contributed by atoms with Crippen molar-refractivity contribution in [2.75, 3.05) is 26.7 Å². The molecule has 0 saturated heterocycles. The van der Waals surface area contributed by atoms with E-state index in [4.69, 9.17) is 0 Å². The third-order valence-corrected chi connectivity index (χ3v) is 2.91. The molecule has 0 spiro atoms. The van der Waals surface area contributed by atoms with Crippen LogP contribution in [0.1, 0.15) is 25.5 Å². The summed E-state index contributed by atoms with van der Waals surface area (Å²) in [6, 6.07) is 3.37. The summed E-state index contributed by atoms with van der Waals surface area (Å²) in [5.74, 6) is -0.768. The molecule has 1 aromatic carbocycles. The van der Waals surface area contributed by atoms with Crippen molar-refractivity contribution >= 4 is 0 Å². The molecule has 0 fully saturated rings. The highest BCUT2D eigenvalue weighted by Gasteiger charge is 2.11. The van der Waals surface area contributed by atoms with E-state index in [0.717, 1.165) is 25.7 Å². The van der Waals surface area contributed by atoms with Gasteiger partial charge in [0.1, 0.15) is 11.6 Å². The van der Waals surface area contributed by atoms with Crippen molar-refractivity contribution in [1.29, 1.82) is 0 Å². The SMILES string of the molecule is CCN(C)CCNC(C)c1cc(F)ccc1F. The fourth-order valence-electron chi connectivity index (χ4n) is 1.59. The first-order valence-electron chi connectivity index (χ1n) is 5.91. The van der Waals surface area contributed by atoms with Gasteiger partial charge in [0.15, 0.2) is 0 Å². The Balaban J connectivity index is 2.52. The van der Waals surface area contributed by atoms with E-state index in [1.165, 1.54) is 12.1 Å². The van der Waals surface area contributed by atoms with Gasteiger partial charge in [0.05, 0.1) is 0 Å². The molecule has 1 N–H and O–H groups in total. The Hall–Kier alpha value is -1.00. The smallest absolute Gasteiger partial charge is 0.128 e. The molecule has 96 valence electrons. The molecule has 1 rings (SSSR count). The number of halogens is 2. The lowest BCUT2D eigenvalue weighted by atomic mass is 10.1. The van der Waals surface area contributed by atoms with Gasteiger partial charge in [-0.05, 0) is 38.7 Å². The molecule has 0 aliphatic heterocycles. The van der Waals surface area contributed by atoms with Gasteiger partial charge >= 0.3 is 0 Å². The van der Waals surface area contributed by atoms with E-state index in [-0.39, 0.29) is 11.9 Å². The van der Waals surface area contributed by atoms with Crippen LogP contribution in [-0.4, -0.2) is 31.6 Å². The van der Waals surface area contributed by atoms with Crippen molar-refractivity contribution in [3.05, 3.63) is 35.4 Å². The largest absolute Gasteiger partial charge is 0.309 e. The van der Waals surface area contributed by atoms with Crippen molar-refractivity contribution < 1.29 is 8.78 Å². The van der Waals surface area contributed by atoms with Crippen molar-refractivity contribution in [3.63, 3.8) is 0 Å². The fourth-order valence-corrected chi connectivity index (χ4v) is 1.59. The van der Waals surface area contributed by atoms with Gasteiger partial charge in [-0.3, -0.25) is 0 Å². The Morgan fingerprint density at radius 1 is 1.35 bits per heavy atom. The van der Waals surface area contributed by atoms with Gasteiger partial charge in [0, 0.05) is 24.7 Å². The van der Waals surface area contributed by atoms with Crippen LogP contribution in [0, 0.1) is 11.6 Å². The Labute approximate surface area is 102 Å². The Morgan fingerprint density at radius 3 is 2.71 bits per heavy atom. The molecule has 4 heteroatoms. The van der Waals surface area contributed by atoms with Gasteiger partial charge in [-0.2, -0.15) is 0 Å². The topological polar surface area (TPSA) is 15.3 Å². The van der Waals surface area contributed by atoms with E-state index in [1.807, 2.05) is 14.0 Å². The molecule has 0 amide bonds. The number of rotatable bonds is 6. The first-order valence-corrected chi connectivity index (χ1v) is 5.91. The standard InChI is InChI=1S/C13H20F2N2/c1-4-17(3)8-7-16-10(2)12-9-11(14)5-6-13(12)15/h5-6,9-10,16H,4,7-8H2,1-3H3. The highest BCUT2D eigenvalue weighted by atomic mass is 19.1. The highest BCUT2D eigenvalue weighted by molar-refractivity contribution is 5.21. The molecule has 0 bridgehead atoms. The van der Waals surface area contributed by atoms with Crippen LogP contribution in [0.3, 0.4) is 0 Å². The summed E-state index contributed by atoms with van der Waals surface area (Å²) in [5.41, 5.74) is 0.379. The van der Waals surface area contributed by atoms with E-state index in [2.05, 4.69) is 17.1 Å².